The summed E-state index contributed by atoms with van der Waals surface area (Å²) in [6.45, 7) is 7.94. The molecule has 2 aliphatic rings. The minimum atomic E-state index is 0.558. The highest BCUT2D eigenvalue weighted by Crippen LogP contribution is 2.43. The molecule has 3 atom stereocenters. The van der Waals surface area contributed by atoms with Crippen molar-refractivity contribution >= 4 is 0 Å². The molecular formula is C19H36O. The highest BCUT2D eigenvalue weighted by atomic mass is 16.5. The standard InChI is InChI=1S/C19H36O/c1-4-6-16-7-9-17(10-8-16)18-11-12-19(15(3)14-18)20-13-5-2/h15-19H,4-14H2,1-3H3/t15?,16-,17-,18?,19?. The zero-order valence-electron chi connectivity index (χ0n) is 14.1. The number of rotatable bonds is 6. The van der Waals surface area contributed by atoms with E-state index in [-0.39, 0.29) is 0 Å². The average molecular weight is 280 g/mol. The molecule has 0 aromatic heterocycles. The zero-order chi connectivity index (χ0) is 14.4. The van der Waals surface area contributed by atoms with Crippen LogP contribution in [-0.4, -0.2) is 12.7 Å². The van der Waals surface area contributed by atoms with Crippen molar-refractivity contribution in [1.82, 2.24) is 0 Å². The molecule has 2 fully saturated rings. The van der Waals surface area contributed by atoms with E-state index in [0.717, 1.165) is 36.7 Å². The Balaban J connectivity index is 1.73. The van der Waals surface area contributed by atoms with E-state index in [1.807, 2.05) is 0 Å². The smallest absolute Gasteiger partial charge is 0.0600 e. The van der Waals surface area contributed by atoms with Gasteiger partial charge in [-0.05, 0) is 62.2 Å². The molecule has 2 rings (SSSR count). The maximum Gasteiger partial charge on any atom is 0.0600 e. The number of hydrogen-bond acceptors (Lipinski definition) is 1. The molecule has 0 radical (unpaired) electrons. The molecule has 3 unspecified atom stereocenters. The van der Waals surface area contributed by atoms with Gasteiger partial charge in [-0.3, -0.25) is 0 Å². The van der Waals surface area contributed by atoms with Crippen LogP contribution in [0.3, 0.4) is 0 Å². The second-order valence-electron chi connectivity index (χ2n) is 7.53. The Morgan fingerprint density at radius 3 is 2.15 bits per heavy atom. The molecule has 0 aliphatic heterocycles. The van der Waals surface area contributed by atoms with Crippen LogP contribution in [-0.2, 0) is 4.74 Å². The third-order valence-electron chi connectivity index (χ3n) is 5.92. The molecule has 0 bridgehead atoms. The molecular weight excluding hydrogens is 244 g/mol. The quantitative estimate of drug-likeness (QED) is 0.595. The molecule has 1 heteroatoms. The van der Waals surface area contributed by atoms with Crippen LogP contribution in [0.25, 0.3) is 0 Å². The fourth-order valence-corrected chi connectivity index (χ4v) is 4.71. The molecule has 0 spiro atoms. The third kappa shape index (κ3) is 4.48. The SMILES string of the molecule is CCCOC1CCC([C@H]2CC[C@H](CCC)CC2)CC1C. The van der Waals surface area contributed by atoms with E-state index in [4.69, 9.17) is 4.74 Å². The van der Waals surface area contributed by atoms with Crippen LogP contribution in [0.5, 0.6) is 0 Å². The summed E-state index contributed by atoms with van der Waals surface area (Å²) in [6.07, 6.45) is 14.8. The molecule has 0 heterocycles. The molecule has 0 aromatic carbocycles. The van der Waals surface area contributed by atoms with Crippen LogP contribution < -0.4 is 0 Å². The summed E-state index contributed by atoms with van der Waals surface area (Å²) in [5, 5.41) is 0. The van der Waals surface area contributed by atoms with Crippen molar-refractivity contribution in [1.29, 1.82) is 0 Å². The lowest BCUT2D eigenvalue weighted by Gasteiger charge is -2.40. The van der Waals surface area contributed by atoms with Crippen molar-refractivity contribution in [3.63, 3.8) is 0 Å². The van der Waals surface area contributed by atoms with Gasteiger partial charge in [0.15, 0.2) is 0 Å². The van der Waals surface area contributed by atoms with E-state index in [1.54, 1.807) is 0 Å². The van der Waals surface area contributed by atoms with E-state index in [1.165, 1.54) is 57.8 Å². The summed E-state index contributed by atoms with van der Waals surface area (Å²) in [5.74, 6) is 3.89. The van der Waals surface area contributed by atoms with E-state index in [2.05, 4.69) is 20.8 Å². The van der Waals surface area contributed by atoms with Crippen LogP contribution >= 0.6 is 0 Å². The summed E-state index contributed by atoms with van der Waals surface area (Å²) in [7, 11) is 0. The molecule has 1 nitrogen and oxygen atoms in total. The molecule has 118 valence electrons. The zero-order valence-corrected chi connectivity index (χ0v) is 14.1. The van der Waals surface area contributed by atoms with Crippen LogP contribution in [0.1, 0.15) is 85.0 Å². The third-order valence-corrected chi connectivity index (χ3v) is 5.92. The Morgan fingerprint density at radius 2 is 1.55 bits per heavy atom. The first-order valence-electron chi connectivity index (χ1n) is 9.36. The van der Waals surface area contributed by atoms with Crippen molar-refractivity contribution in [3.8, 4) is 0 Å². The van der Waals surface area contributed by atoms with Gasteiger partial charge in [0.05, 0.1) is 6.10 Å². The van der Waals surface area contributed by atoms with Gasteiger partial charge < -0.3 is 4.74 Å². The lowest BCUT2D eigenvalue weighted by molar-refractivity contribution is -0.0274. The maximum atomic E-state index is 6.03. The minimum Gasteiger partial charge on any atom is -0.378 e. The highest BCUT2D eigenvalue weighted by molar-refractivity contribution is 4.85. The van der Waals surface area contributed by atoms with Gasteiger partial charge >= 0.3 is 0 Å². The average Bonchev–Trinajstić information content (AvgIpc) is 2.47. The van der Waals surface area contributed by atoms with Crippen LogP contribution in [0.15, 0.2) is 0 Å². The summed E-state index contributed by atoms with van der Waals surface area (Å²) in [6, 6.07) is 0. The molecule has 0 aromatic rings. The summed E-state index contributed by atoms with van der Waals surface area (Å²) in [4.78, 5) is 0. The Bertz CT molecular complexity index is 254. The molecule has 0 N–H and O–H groups in total. The molecule has 2 aliphatic carbocycles. The topological polar surface area (TPSA) is 9.23 Å². The van der Waals surface area contributed by atoms with Gasteiger partial charge in [-0.1, -0.05) is 46.5 Å². The predicted molar refractivity (Wildman–Crippen MR) is 86.9 cm³/mol. The van der Waals surface area contributed by atoms with Gasteiger partial charge in [-0.15, -0.1) is 0 Å². The van der Waals surface area contributed by atoms with Gasteiger partial charge in [0.1, 0.15) is 0 Å². The van der Waals surface area contributed by atoms with E-state index in [0.29, 0.717) is 6.10 Å². The summed E-state index contributed by atoms with van der Waals surface area (Å²) < 4.78 is 6.03. The summed E-state index contributed by atoms with van der Waals surface area (Å²) >= 11 is 0. The number of hydrogen-bond donors (Lipinski definition) is 0. The fourth-order valence-electron chi connectivity index (χ4n) is 4.71. The fraction of sp³-hybridized carbons (Fsp3) is 1.00. The van der Waals surface area contributed by atoms with Gasteiger partial charge in [-0.2, -0.15) is 0 Å². The first-order chi connectivity index (χ1) is 9.74. The van der Waals surface area contributed by atoms with Crippen LogP contribution in [0, 0.1) is 23.7 Å². The first kappa shape index (κ1) is 16.3. The van der Waals surface area contributed by atoms with Crippen molar-refractivity contribution < 1.29 is 4.74 Å². The van der Waals surface area contributed by atoms with Crippen molar-refractivity contribution in [2.75, 3.05) is 6.61 Å². The Hall–Kier alpha value is -0.0400. The van der Waals surface area contributed by atoms with Gasteiger partial charge in [-0.25, -0.2) is 0 Å². The molecule has 20 heavy (non-hydrogen) atoms. The van der Waals surface area contributed by atoms with Gasteiger partial charge in [0, 0.05) is 6.61 Å². The summed E-state index contributed by atoms with van der Waals surface area (Å²) in [5.41, 5.74) is 0. The second kappa shape index (κ2) is 8.41. The van der Waals surface area contributed by atoms with E-state index < -0.39 is 0 Å². The molecule has 2 saturated carbocycles. The predicted octanol–water partition coefficient (Wildman–Crippen LogP) is 5.82. The Morgan fingerprint density at radius 1 is 0.850 bits per heavy atom. The molecule has 0 saturated heterocycles. The Labute approximate surface area is 126 Å². The van der Waals surface area contributed by atoms with Crippen LogP contribution in [0.4, 0.5) is 0 Å². The van der Waals surface area contributed by atoms with Crippen molar-refractivity contribution in [3.05, 3.63) is 0 Å². The first-order valence-corrected chi connectivity index (χ1v) is 9.36. The molecule has 0 amide bonds. The Kier molecular flexibility index (Phi) is 6.87. The highest BCUT2D eigenvalue weighted by Gasteiger charge is 2.34. The second-order valence-corrected chi connectivity index (χ2v) is 7.53. The monoisotopic (exact) mass is 280 g/mol. The van der Waals surface area contributed by atoms with Gasteiger partial charge in [0.2, 0.25) is 0 Å². The van der Waals surface area contributed by atoms with E-state index in [9.17, 15) is 0 Å². The lowest BCUT2D eigenvalue weighted by atomic mass is 9.68. The van der Waals surface area contributed by atoms with Crippen LogP contribution in [0.2, 0.25) is 0 Å². The van der Waals surface area contributed by atoms with Gasteiger partial charge in [0.25, 0.3) is 0 Å². The van der Waals surface area contributed by atoms with E-state index >= 15 is 0 Å². The van der Waals surface area contributed by atoms with Crippen molar-refractivity contribution in [2.45, 2.75) is 91.1 Å². The minimum absolute atomic E-state index is 0.558. The number of ether oxygens (including phenoxy) is 1. The normalized spacial score (nSPS) is 38.9. The van der Waals surface area contributed by atoms with Crippen molar-refractivity contribution in [2.24, 2.45) is 23.7 Å². The maximum absolute atomic E-state index is 6.03. The lowest BCUT2D eigenvalue weighted by Crippen LogP contribution is -2.34. The largest absolute Gasteiger partial charge is 0.378 e.